The average molecular weight is 271 g/mol. The Morgan fingerprint density at radius 1 is 1.42 bits per heavy atom. The molecule has 1 saturated heterocycles. The number of carboxylic acids is 1. The van der Waals surface area contributed by atoms with Crippen molar-refractivity contribution in [3.63, 3.8) is 0 Å². The molecular weight excluding hydrogens is 250 g/mol. The number of imide groups is 1. The van der Waals surface area contributed by atoms with Gasteiger partial charge in [-0.25, -0.2) is 4.79 Å². The van der Waals surface area contributed by atoms with Gasteiger partial charge < -0.3 is 10.4 Å². The third kappa shape index (κ3) is 3.23. The largest absolute Gasteiger partial charge is 0.481 e. The number of hydrogen-bond donors (Lipinski definition) is 3. The first-order valence-electron chi connectivity index (χ1n) is 6.36. The molecule has 0 spiro atoms. The number of carboxylic acid groups (broad SMARTS) is 1. The lowest BCUT2D eigenvalue weighted by atomic mass is 9.84. The molecule has 0 radical (unpaired) electrons. The van der Waals surface area contributed by atoms with Gasteiger partial charge >= 0.3 is 12.0 Å². The average Bonchev–Trinajstić information content (AvgIpc) is 2.83. The fourth-order valence-electron chi connectivity index (χ4n) is 2.29. The second kappa shape index (κ2) is 6.01. The van der Waals surface area contributed by atoms with Gasteiger partial charge in [-0.3, -0.25) is 19.8 Å². The minimum atomic E-state index is -0.823. The van der Waals surface area contributed by atoms with Crippen LogP contribution in [0, 0.1) is 5.41 Å². The molecule has 2 atom stereocenters. The first-order valence-corrected chi connectivity index (χ1v) is 6.36. The van der Waals surface area contributed by atoms with E-state index in [-0.39, 0.29) is 0 Å². The van der Waals surface area contributed by atoms with Gasteiger partial charge in [0, 0.05) is 20.1 Å². The van der Waals surface area contributed by atoms with Crippen LogP contribution >= 0.6 is 0 Å². The molecule has 0 aromatic rings. The first-order chi connectivity index (χ1) is 8.86. The van der Waals surface area contributed by atoms with Crippen molar-refractivity contribution in [2.75, 3.05) is 20.1 Å². The van der Waals surface area contributed by atoms with Crippen molar-refractivity contribution in [3.05, 3.63) is 0 Å². The van der Waals surface area contributed by atoms with Crippen molar-refractivity contribution < 1.29 is 19.5 Å². The van der Waals surface area contributed by atoms with Crippen LogP contribution in [-0.4, -0.2) is 54.1 Å². The summed E-state index contributed by atoms with van der Waals surface area (Å²) in [4.78, 5) is 36.0. The van der Waals surface area contributed by atoms with Crippen LogP contribution in [0.25, 0.3) is 0 Å². The van der Waals surface area contributed by atoms with Crippen molar-refractivity contribution in [3.8, 4) is 0 Å². The van der Waals surface area contributed by atoms with Crippen molar-refractivity contribution >= 4 is 17.9 Å². The summed E-state index contributed by atoms with van der Waals surface area (Å²) in [5, 5.41) is 13.8. The molecule has 19 heavy (non-hydrogen) atoms. The quantitative estimate of drug-likeness (QED) is 0.669. The van der Waals surface area contributed by atoms with Gasteiger partial charge in [0.2, 0.25) is 5.91 Å². The van der Waals surface area contributed by atoms with Gasteiger partial charge in [-0.1, -0.05) is 6.92 Å². The molecule has 7 heteroatoms. The Balaban J connectivity index is 2.66. The molecule has 0 bridgehead atoms. The Hall–Kier alpha value is -1.63. The highest BCUT2D eigenvalue weighted by atomic mass is 16.4. The normalized spacial score (nSPS) is 24.8. The van der Waals surface area contributed by atoms with Crippen LogP contribution < -0.4 is 10.6 Å². The summed E-state index contributed by atoms with van der Waals surface area (Å²) in [6.07, 6.45) is 1.05. The molecule has 1 aliphatic rings. The summed E-state index contributed by atoms with van der Waals surface area (Å²) in [5.74, 6) is -1.24. The smallest absolute Gasteiger partial charge is 0.321 e. The zero-order valence-electron chi connectivity index (χ0n) is 11.5. The molecule has 2 unspecified atom stereocenters. The molecule has 108 valence electrons. The Bertz CT molecular complexity index is 385. The van der Waals surface area contributed by atoms with E-state index < -0.39 is 29.4 Å². The molecule has 3 N–H and O–H groups in total. The zero-order chi connectivity index (χ0) is 14.6. The number of nitrogens with zero attached hydrogens (tertiary/aromatic N) is 1. The van der Waals surface area contributed by atoms with E-state index in [9.17, 15) is 19.5 Å². The Labute approximate surface area is 112 Å². The minimum Gasteiger partial charge on any atom is -0.481 e. The third-order valence-electron chi connectivity index (χ3n) is 3.90. The lowest BCUT2D eigenvalue weighted by molar-refractivity contribution is -0.148. The predicted octanol–water partition coefficient (Wildman–Crippen LogP) is 0.0172. The second-order valence-electron chi connectivity index (χ2n) is 4.90. The van der Waals surface area contributed by atoms with Crippen molar-refractivity contribution in [1.82, 2.24) is 15.5 Å². The van der Waals surface area contributed by atoms with E-state index in [4.69, 9.17) is 0 Å². The molecule has 1 aliphatic heterocycles. The van der Waals surface area contributed by atoms with Crippen molar-refractivity contribution in [2.24, 2.45) is 5.41 Å². The lowest BCUT2D eigenvalue weighted by Gasteiger charge is -2.26. The van der Waals surface area contributed by atoms with Crippen LogP contribution in [0.5, 0.6) is 0 Å². The number of amides is 3. The number of hydrogen-bond acceptors (Lipinski definition) is 4. The molecular formula is C12H21N3O4. The van der Waals surface area contributed by atoms with Crippen LogP contribution in [0.3, 0.4) is 0 Å². The summed E-state index contributed by atoms with van der Waals surface area (Å²) < 4.78 is 0. The Kier molecular flexibility index (Phi) is 4.88. The SMILES string of the molecule is CCC1(C(=O)O)CCN(C(C)C(=O)NC(=O)NC)C1. The number of carbonyl (C=O) groups is 3. The van der Waals surface area contributed by atoms with Crippen LogP contribution in [0.2, 0.25) is 0 Å². The first kappa shape index (κ1) is 15.4. The topological polar surface area (TPSA) is 98.7 Å². The van der Waals surface area contributed by atoms with Gasteiger partial charge in [-0.2, -0.15) is 0 Å². The van der Waals surface area contributed by atoms with Gasteiger partial charge in [0.15, 0.2) is 0 Å². The standard InChI is InChI=1S/C12H21N3O4/c1-4-12(10(17)18)5-6-15(7-12)8(2)9(16)14-11(19)13-3/h8H,4-7H2,1-3H3,(H,17,18)(H2,13,14,16,19). The monoisotopic (exact) mass is 271 g/mol. The molecule has 1 rings (SSSR count). The summed E-state index contributed by atoms with van der Waals surface area (Å²) in [7, 11) is 1.43. The molecule has 0 aromatic carbocycles. The van der Waals surface area contributed by atoms with E-state index in [0.29, 0.717) is 25.9 Å². The third-order valence-corrected chi connectivity index (χ3v) is 3.90. The highest BCUT2D eigenvalue weighted by Gasteiger charge is 2.45. The number of rotatable bonds is 4. The molecule has 0 saturated carbocycles. The highest BCUT2D eigenvalue weighted by Crippen LogP contribution is 2.35. The fraction of sp³-hybridized carbons (Fsp3) is 0.750. The lowest BCUT2D eigenvalue weighted by Crippen LogP contribution is -2.49. The molecule has 1 fully saturated rings. The molecule has 0 aliphatic carbocycles. The van der Waals surface area contributed by atoms with Crippen LogP contribution in [-0.2, 0) is 9.59 Å². The Morgan fingerprint density at radius 2 is 2.05 bits per heavy atom. The van der Waals surface area contributed by atoms with Crippen molar-refractivity contribution in [1.29, 1.82) is 0 Å². The zero-order valence-corrected chi connectivity index (χ0v) is 11.5. The van der Waals surface area contributed by atoms with E-state index in [1.807, 2.05) is 6.92 Å². The van der Waals surface area contributed by atoms with Crippen LogP contribution in [0.4, 0.5) is 4.79 Å². The maximum Gasteiger partial charge on any atom is 0.321 e. The van der Waals surface area contributed by atoms with E-state index in [1.54, 1.807) is 11.8 Å². The van der Waals surface area contributed by atoms with Gasteiger partial charge in [0.05, 0.1) is 11.5 Å². The second-order valence-corrected chi connectivity index (χ2v) is 4.90. The van der Waals surface area contributed by atoms with Crippen LogP contribution in [0.1, 0.15) is 26.7 Å². The maximum atomic E-state index is 11.8. The van der Waals surface area contributed by atoms with Gasteiger partial charge in [-0.05, 0) is 19.8 Å². The number of aliphatic carboxylic acids is 1. The van der Waals surface area contributed by atoms with Gasteiger partial charge in [0.25, 0.3) is 0 Å². The number of likely N-dealkylation sites (tertiary alicyclic amines) is 1. The molecule has 1 heterocycles. The molecule has 0 aromatic heterocycles. The van der Waals surface area contributed by atoms with Crippen LogP contribution in [0.15, 0.2) is 0 Å². The summed E-state index contributed by atoms with van der Waals surface area (Å²) in [6.45, 7) is 4.39. The van der Waals surface area contributed by atoms with E-state index >= 15 is 0 Å². The summed E-state index contributed by atoms with van der Waals surface area (Å²) >= 11 is 0. The molecule has 7 nitrogen and oxygen atoms in total. The van der Waals surface area contributed by atoms with Gasteiger partial charge in [0.1, 0.15) is 0 Å². The number of nitrogens with one attached hydrogen (secondary N) is 2. The molecule has 3 amide bonds. The van der Waals surface area contributed by atoms with E-state index in [2.05, 4.69) is 10.6 Å². The van der Waals surface area contributed by atoms with E-state index in [1.165, 1.54) is 7.05 Å². The fourth-order valence-corrected chi connectivity index (χ4v) is 2.29. The summed E-state index contributed by atoms with van der Waals surface area (Å²) in [5.41, 5.74) is -0.776. The van der Waals surface area contributed by atoms with Gasteiger partial charge in [-0.15, -0.1) is 0 Å². The predicted molar refractivity (Wildman–Crippen MR) is 68.6 cm³/mol. The number of urea groups is 1. The minimum absolute atomic E-state index is 0.334. The highest BCUT2D eigenvalue weighted by molar-refractivity contribution is 5.96. The summed E-state index contributed by atoms with van der Waals surface area (Å²) in [6, 6.07) is -1.08. The van der Waals surface area contributed by atoms with E-state index in [0.717, 1.165) is 0 Å². The van der Waals surface area contributed by atoms with Crippen molar-refractivity contribution in [2.45, 2.75) is 32.7 Å². The number of carbonyl (C=O) groups excluding carboxylic acids is 2. The maximum absolute atomic E-state index is 11.8. The Morgan fingerprint density at radius 3 is 2.47 bits per heavy atom.